The number of carbonyl (C=O) groups is 1. The number of carbonyl (C=O) groups excluding carboxylic acids is 1. The zero-order chi connectivity index (χ0) is 20.3. The van der Waals surface area contributed by atoms with E-state index in [2.05, 4.69) is 67.9 Å². The van der Waals surface area contributed by atoms with Crippen LogP contribution in [0.4, 0.5) is 5.69 Å². The fourth-order valence-electron chi connectivity index (χ4n) is 5.02. The number of benzene rings is 1. The van der Waals surface area contributed by atoms with Gasteiger partial charge in [-0.2, -0.15) is 0 Å². The van der Waals surface area contributed by atoms with E-state index in [1.165, 1.54) is 36.1 Å². The minimum absolute atomic E-state index is 0.210. The summed E-state index contributed by atoms with van der Waals surface area (Å²) in [7, 11) is 0. The molecular weight excluding hydrogens is 346 g/mol. The second kappa shape index (κ2) is 8.86. The third-order valence-electron chi connectivity index (χ3n) is 6.88. The highest BCUT2D eigenvalue weighted by Crippen LogP contribution is 2.38. The van der Waals surface area contributed by atoms with Gasteiger partial charge in [-0.1, -0.05) is 45.7 Å². The van der Waals surface area contributed by atoms with Crippen molar-refractivity contribution < 1.29 is 4.79 Å². The molecule has 1 N–H and O–H groups in total. The molecule has 2 aliphatic rings. The van der Waals surface area contributed by atoms with Crippen LogP contribution in [-0.2, 0) is 4.79 Å². The predicted octanol–water partition coefficient (Wildman–Crippen LogP) is 4.15. The SMILES string of the molecule is Cc1cccc(N2CCN(CC(=O)NC3CCCCC3C(C)(C)C)CC2)c1C. The van der Waals surface area contributed by atoms with Crippen molar-refractivity contribution in [3.8, 4) is 0 Å². The number of rotatable bonds is 4. The second-order valence-corrected chi connectivity index (χ2v) is 9.91. The number of hydrogen-bond acceptors (Lipinski definition) is 3. The first-order valence-corrected chi connectivity index (χ1v) is 11.1. The van der Waals surface area contributed by atoms with Crippen molar-refractivity contribution in [1.82, 2.24) is 10.2 Å². The Bertz CT molecular complexity index is 671. The Kier molecular flexibility index (Phi) is 6.69. The fourth-order valence-corrected chi connectivity index (χ4v) is 5.02. The summed E-state index contributed by atoms with van der Waals surface area (Å²) in [6.45, 7) is 15.8. The van der Waals surface area contributed by atoms with Crippen LogP contribution in [0.25, 0.3) is 0 Å². The number of amides is 1. The van der Waals surface area contributed by atoms with Crippen LogP contribution in [0.5, 0.6) is 0 Å². The number of piperazine rings is 1. The number of hydrogen-bond donors (Lipinski definition) is 1. The Labute approximate surface area is 171 Å². The molecule has 4 nitrogen and oxygen atoms in total. The molecule has 0 radical (unpaired) electrons. The molecule has 0 bridgehead atoms. The molecule has 2 unspecified atom stereocenters. The van der Waals surface area contributed by atoms with Crippen molar-refractivity contribution in [1.29, 1.82) is 0 Å². The minimum Gasteiger partial charge on any atom is -0.369 e. The van der Waals surface area contributed by atoms with Crippen LogP contribution < -0.4 is 10.2 Å². The Morgan fingerprint density at radius 2 is 1.75 bits per heavy atom. The Morgan fingerprint density at radius 3 is 2.43 bits per heavy atom. The summed E-state index contributed by atoms with van der Waals surface area (Å²) < 4.78 is 0. The van der Waals surface area contributed by atoms with Gasteiger partial charge in [0.1, 0.15) is 0 Å². The lowest BCUT2D eigenvalue weighted by Gasteiger charge is -2.41. The zero-order valence-electron chi connectivity index (χ0n) is 18.6. The molecule has 1 aliphatic carbocycles. The standard InChI is InChI=1S/C24H39N3O/c1-18-9-8-12-22(19(18)2)27-15-13-26(14-16-27)17-23(28)25-21-11-7-6-10-20(21)24(3,4)5/h8-9,12,20-21H,6-7,10-11,13-17H2,1-5H3,(H,25,28). The van der Waals surface area contributed by atoms with Crippen molar-refractivity contribution in [2.75, 3.05) is 37.6 Å². The second-order valence-electron chi connectivity index (χ2n) is 9.91. The topological polar surface area (TPSA) is 35.6 Å². The molecule has 4 heteroatoms. The molecule has 2 atom stereocenters. The van der Waals surface area contributed by atoms with Gasteiger partial charge in [-0.15, -0.1) is 0 Å². The van der Waals surface area contributed by atoms with Gasteiger partial charge in [0.15, 0.2) is 0 Å². The molecule has 28 heavy (non-hydrogen) atoms. The average molecular weight is 386 g/mol. The largest absolute Gasteiger partial charge is 0.369 e. The van der Waals surface area contributed by atoms with Gasteiger partial charge in [0.05, 0.1) is 6.54 Å². The summed E-state index contributed by atoms with van der Waals surface area (Å²) in [5, 5.41) is 3.39. The molecule has 1 amide bonds. The first-order chi connectivity index (χ1) is 13.3. The van der Waals surface area contributed by atoms with Crippen molar-refractivity contribution in [2.24, 2.45) is 11.3 Å². The number of anilines is 1. The van der Waals surface area contributed by atoms with Crippen LogP contribution in [0.15, 0.2) is 18.2 Å². The molecule has 0 spiro atoms. The van der Waals surface area contributed by atoms with Crippen LogP contribution in [0.2, 0.25) is 0 Å². The van der Waals surface area contributed by atoms with Crippen LogP contribution >= 0.6 is 0 Å². The van der Waals surface area contributed by atoms with Gasteiger partial charge in [0.25, 0.3) is 0 Å². The maximum atomic E-state index is 12.7. The van der Waals surface area contributed by atoms with Crippen molar-refractivity contribution >= 4 is 11.6 Å². The van der Waals surface area contributed by atoms with Gasteiger partial charge in [-0.05, 0) is 55.2 Å². The van der Waals surface area contributed by atoms with Gasteiger partial charge >= 0.3 is 0 Å². The third kappa shape index (κ3) is 5.08. The zero-order valence-corrected chi connectivity index (χ0v) is 18.6. The van der Waals surface area contributed by atoms with E-state index in [1.807, 2.05) is 0 Å². The quantitative estimate of drug-likeness (QED) is 0.846. The van der Waals surface area contributed by atoms with Gasteiger partial charge in [0, 0.05) is 37.9 Å². The van der Waals surface area contributed by atoms with E-state index < -0.39 is 0 Å². The molecule has 0 aromatic heterocycles. The van der Waals surface area contributed by atoms with Crippen molar-refractivity contribution in [3.05, 3.63) is 29.3 Å². The smallest absolute Gasteiger partial charge is 0.234 e. The van der Waals surface area contributed by atoms with E-state index in [-0.39, 0.29) is 11.3 Å². The lowest BCUT2D eigenvalue weighted by Crippen LogP contribution is -2.52. The Morgan fingerprint density at radius 1 is 1.07 bits per heavy atom. The van der Waals surface area contributed by atoms with Crippen LogP contribution in [-0.4, -0.2) is 49.6 Å². The predicted molar refractivity (Wildman–Crippen MR) is 118 cm³/mol. The van der Waals surface area contributed by atoms with Gasteiger partial charge in [-0.3, -0.25) is 9.69 Å². The molecule has 1 saturated carbocycles. The summed E-state index contributed by atoms with van der Waals surface area (Å²) in [5.41, 5.74) is 4.33. The average Bonchev–Trinajstić information content (AvgIpc) is 2.64. The molecule has 1 saturated heterocycles. The fraction of sp³-hybridized carbons (Fsp3) is 0.708. The highest BCUT2D eigenvalue weighted by molar-refractivity contribution is 5.78. The molecule has 1 aliphatic heterocycles. The first kappa shape index (κ1) is 21.2. The third-order valence-corrected chi connectivity index (χ3v) is 6.88. The van der Waals surface area contributed by atoms with Crippen molar-refractivity contribution in [3.63, 3.8) is 0 Å². The van der Waals surface area contributed by atoms with E-state index >= 15 is 0 Å². The van der Waals surface area contributed by atoms with Gasteiger partial charge in [-0.25, -0.2) is 0 Å². The van der Waals surface area contributed by atoms with E-state index in [9.17, 15) is 4.79 Å². The molecule has 1 heterocycles. The molecular formula is C24H39N3O. The van der Waals surface area contributed by atoms with Gasteiger partial charge < -0.3 is 10.2 Å². The molecule has 156 valence electrons. The minimum atomic E-state index is 0.210. The molecule has 1 aromatic carbocycles. The lowest BCUT2D eigenvalue weighted by atomic mass is 9.69. The number of nitrogens with one attached hydrogen (secondary N) is 1. The van der Waals surface area contributed by atoms with Crippen LogP contribution in [0.1, 0.15) is 57.6 Å². The van der Waals surface area contributed by atoms with Crippen LogP contribution in [0.3, 0.4) is 0 Å². The summed E-state index contributed by atoms with van der Waals surface area (Å²) in [4.78, 5) is 17.5. The highest BCUT2D eigenvalue weighted by atomic mass is 16.2. The summed E-state index contributed by atoms with van der Waals surface area (Å²) >= 11 is 0. The summed E-state index contributed by atoms with van der Waals surface area (Å²) in [6, 6.07) is 6.89. The Balaban J connectivity index is 1.50. The molecule has 1 aromatic rings. The van der Waals surface area contributed by atoms with E-state index in [0.29, 0.717) is 18.5 Å². The summed E-state index contributed by atoms with van der Waals surface area (Å²) in [5.74, 6) is 0.799. The monoisotopic (exact) mass is 385 g/mol. The van der Waals surface area contributed by atoms with Gasteiger partial charge in [0.2, 0.25) is 5.91 Å². The number of nitrogens with zero attached hydrogens (tertiary/aromatic N) is 2. The van der Waals surface area contributed by atoms with E-state index in [0.717, 1.165) is 32.6 Å². The molecule has 2 fully saturated rings. The summed E-state index contributed by atoms with van der Waals surface area (Å²) in [6.07, 6.45) is 4.91. The van der Waals surface area contributed by atoms with Crippen molar-refractivity contribution in [2.45, 2.75) is 66.3 Å². The maximum Gasteiger partial charge on any atom is 0.234 e. The first-order valence-electron chi connectivity index (χ1n) is 11.1. The van der Waals surface area contributed by atoms with Crippen LogP contribution in [0, 0.1) is 25.2 Å². The Hall–Kier alpha value is -1.55. The molecule has 3 rings (SSSR count). The van der Waals surface area contributed by atoms with E-state index in [4.69, 9.17) is 0 Å². The number of aryl methyl sites for hydroxylation is 1. The van der Waals surface area contributed by atoms with E-state index in [1.54, 1.807) is 0 Å². The maximum absolute atomic E-state index is 12.7. The normalized spacial score (nSPS) is 24.2. The highest BCUT2D eigenvalue weighted by Gasteiger charge is 2.35. The lowest BCUT2D eigenvalue weighted by molar-refractivity contribution is -0.124.